The van der Waals surface area contributed by atoms with Crippen molar-refractivity contribution in [3.63, 3.8) is 0 Å². The van der Waals surface area contributed by atoms with Crippen LogP contribution >= 0.6 is 0 Å². The third-order valence-corrected chi connectivity index (χ3v) is 7.19. The molecule has 2 aromatic heterocycles. The average molecular weight is 499 g/mol. The minimum atomic E-state index is -4.23. The number of aromatic nitrogens is 2. The summed E-state index contributed by atoms with van der Waals surface area (Å²) in [4.78, 5) is 27.8. The van der Waals surface area contributed by atoms with E-state index >= 15 is 0 Å². The summed E-state index contributed by atoms with van der Waals surface area (Å²) in [7, 11) is 0. The highest BCUT2D eigenvalue weighted by Crippen LogP contribution is 2.41. The van der Waals surface area contributed by atoms with Gasteiger partial charge in [-0.15, -0.1) is 0 Å². The normalized spacial score (nSPS) is 21.5. The maximum absolute atomic E-state index is 13.5. The lowest BCUT2D eigenvalue weighted by molar-refractivity contribution is -0.176. The molecule has 1 N–H and O–H groups in total. The first kappa shape index (κ1) is 22.7. The Labute approximate surface area is 205 Å². The number of nitrogens with one attached hydrogen (secondary N) is 1. The van der Waals surface area contributed by atoms with Gasteiger partial charge < -0.3 is 19.5 Å². The van der Waals surface area contributed by atoms with E-state index in [1.807, 2.05) is 18.2 Å². The SMILES string of the molecule is O=C(Nc1cccc(-c2cnco2)c1)N1c2nc(N3CCCC(C(F)(F)F)C3)ccc2N2CCC1C2. The molecule has 2 fully saturated rings. The molecule has 2 bridgehead atoms. The fourth-order valence-electron chi connectivity index (χ4n) is 5.38. The van der Waals surface area contributed by atoms with E-state index in [-0.39, 0.29) is 25.0 Å². The van der Waals surface area contributed by atoms with Crippen LogP contribution in [0.3, 0.4) is 0 Å². The molecule has 0 radical (unpaired) electrons. The number of oxazole rings is 1. The van der Waals surface area contributed by atoms with Crippen LogP contribution < -0.4 is 20.0 Å². The van der Waals surface area contributed by atoms with E-state index in [0.29, 0.717) is 42.6 Å². The zero-order valence-electron chi connectivity index (χ0n) is 19.4. The number of anilines is 4. The molecular weight excluding hydrogens is 473 g/mol. The topological polar surface area (TPSA) is 77.7 Å². The van der Waals surface area contributed by atoms with Gasteiger partial charge in [-0.3, -0.25) is 4.90 Å². The van der Waals surface area contributed by atoms with Gasteiger partial charge in [-0.05, 0) is 43.5 Å². The van der Waals surface area contributed by atoms with E-state index in [2.05, 4.69) is 15.2 Å². The Morgan fingerprint density at radius 2 is 1.97 bits per heavy atom. The maximum atomic E-state index is 13.5. The molecule has 188 valence electrons. The van der Waals surface area contributed by atoms with Gasteiger partial charge in [0.1, 0.15) is 5.82 Å². The third kappa shape index (κ3) is 4.12. The van der Waals surface area contributed by atoms with E-state index < -0.39 is 12.1 Å². The zero-order chi connectivity index (χ0) is 24.9. The molecule has 11 heteroatoms. The number of pyridine rings is 1. The molecule has 5 heterocycles. The van der Waals surface area contributed by atoms with Gasteiger partial charge in [0.25, 0.3) is 0 Å². The van der Waals surface area contributed by atoms with Crippen molar-refractivity contribution >= 4 is 29.0 Å². The Balaban J connectivity index is 1.28. The first-order valence-corrected chi connectivity index (χ1v) is 12.0. The van der Waals surface area contributed by atoms with Crippen LogP contribution in [-0.2, 0) is 0 Å². The molecule has 0 saturated carbocycles. The summed E-state index contributed by atoms with van der Waals surface area (Å²) in [5, 5.41) is 2.97. The van der Waals surface area contributed by atoms with Crippen molar-refractivity contribution in [3.8, 4) is 11.3 Å². The number of nitrogens with zero attached hydrogens (tertiary/aromatic N) is 5. The Morgan fingerprint density at radius 3 is 2.78 bits per heavy atom. The molecule has 2 saturated heterocycles. The molecule has 2 atom stereocenters. The average Bonchev–Trinajstić information content (AvgIpc) is 3.55. The Kier molecular flexibility index (Phi) is 5.50. The highest BCUT2D eigenvalue weighted by atomic mass is 19.4. The van der Waals surface area contributed by atoms with Crippen LogP contribution in [-0.4, -0.2) is 54.4 Å². The molecule has 1 aromatic carbocycles. The minimum Gasteiger partial charge on any atom is -0.444 e. The second-order valence-electron chi connectivity index (χ2n) is 9.47. The van der Waals surface area contributed by atoms with Crippen molar-refractivity contribution in [2.75, 3.05) is 46.2 Å². The predicted octanol–water partition coefficient (Wildman–Crippen LogP) is 5.15. The van der Waals surface area contributed by atoms with E-state index in [4.69, 9.17) is 9.40 Å². The van der Waals surface area contributed by atoms with Gasteiger partial charge in [-0.2, -0.15) is 13.2 Å². The summed E-state index contributed by atoms with van der Waals surface area (Å²) in [6.45, 7) is 1.87. The molecular formula is C25H25F3N6O2. The van der Waals surface area contributed by atoms with Crippen molar-refractivity contribution < 1.29 is 22.4 Å². The van der Waals surface area contributed by atoms with Crippen molar-refractivity contribution in [3.05, 3.63) is 49.0 Å². The fraction of sp³-hybridized carbons (Fsp3) is 0.400. The van der Waals surface area contributed by atoms with Gasteiger partial charge in [0.05, 0.1) is 23.8 Å². The van der Waals surface area contributed by atoms with Gasteiger partial charge >= 0.3 is 12.2 Å². The Bertz CT molecular complexity index is 1260. The number of urea groups is 1. The third-order valence-electron chi connectivity index (χ3n) is 7.19. The van der Waals surface area contributed by atoms with Crippen molar-refractivity contribution in [2.45, 2.75) is 31.5 Å². The number of amides is 2. The number of alkyl halides is 3. The van der Waals surface area contributed by atoms with Gasteiger partial charge in [-0.1, -0.05) is 12.1 Å². The largest absolute Gasteiger partial charge is 0.444 e. The zero-order valence-corrected chi connectivity index (χ0v) is 19.4. The smallest absolute Gasteiger partial charge is 0.393 e. The molecule has 0 spiro atoms. The molecule has 2 unspecified atom stereocenters. The summed E-state index contributed by atoms with van der Waals surface area (Å²) in [5.41, 5.74) is 2.19. The minimum absolute atomic E-state index is 0.0676. The Hall–Kier alpha value is -3.76. The van der Waals surface area contributed by atoms with Gasteiger partial charge in [0.2, 0.25) is 0 Å². The van der Waals surface area contributed by atoms with Crippen LogP contribution in [0.4, 0.5) is 41.0 Å². The number of rotatable bonds is 3. The second kappa shape index (κ2) is 8.72. The fourth-order valence-corrected chi connectivity index (χ4v) is 5.38. The number of piperidine rings is 1. The number of hydrogen-bond acceptors (Lipinski definition) is 6. The van der Waals surface area contributed by atoms with Gasteiger partial charge in [-0.25, -0.2) is 14.8 Å². The lowest BCUT2D eigenvalue weighted by atomic mass is 9.97. The number of hydrogen-bond donors (Lipinski definition) is 1. The molecule has 0 aliphatic carbocycles. The number of halogens is 3. The van der Waals surface area contributed by atoms with E-state index in [1.54, 1.807) is 34.2 Å². The summed E-state index contributed by atoms with van der Waals surface area (Å²) in [6.07, 6.45) is 0.0801. The second-order valence-corrected chi connectivity index (χ2v) is 9.47. The molecule has 6 rings (SSSR count). The lowest BCUT2D eigenvalue weighted by Crippen LogP contribution is -2.48. The molecule has 8 nitrogen and oxygen atoms in total. The number of fused-ring (bicyclic) bond motifs is 4. The standard InChI is InChI=1S/C25H25F3N6O2/c26-25(27,28)17-4-2-9-33(13-17)22-7-6-20-23(31-22)34(19-8-10-32(20)14-19)24(35)30-18-5-1-3-16(11-18)21-12-29-15-36-21/h1,3,5-7,11-12,15,17,19H,2,4,8-10,13-14H2,(H,30,35). The van der Waals surface area contributed by atoms with E-state index in [9.17, 15) is 18.0 Å². The summed E-state index contributed by atoms with van der Waals surface area (Å²) in [6, 6.07) is 10.5. The molecule has 3 aliphatic rings. The highest BCUT2D eigenvalue weighted by Gasteiger charge is 2.43. The highest BCUT2D eigenvalue weighted by molar-refractivity contribution is 6.05. The monoisotopic (exact) mass is 498 g/mol. The van der Waals surface area contributed by atoms with E-state index in [0.717, 1.165) is 24.2 Å². The summed E-state index contributed by atoms with van der Waals surface area (Å²) < 4.78 is 45.5. The summed E-state index contributed by atoms with van der Waals surface area (Å²) >= 11 is 0. The molecule has 3 aliphatic heterocycles. The molecule has 2 amide bonds. The molecule has 36 heavy (non-hydrogen) atoms. The van der Waals surface area contributed by atoms with E-state index in [1.165, 1.54) is 6.39 Å². The van der Waals surface area contributed by atoms with Crippen LogP contribution in [0.5, 0.6) is 0 Å². The predicted molar refractivity (Wildman–Crippen MR) is 129 cm³/mol. The van der Waals surface area contributed by atoms with Crippen LogP contribution in [0.2, 0.25) is 0 Å². The first-order chi connectivity index (χ1) is 17.4. The number of carbonyl (C=O) groups is 1. The Morgan fingerprint density at radius 1 is 1.08 bits per heavy atom. The number of benzene rings is 1. The summed E-state index contributed by atoms with van der Waals surface area (Å²) in [5.74, 6) is 0.167. The lowest BCUT2D eigenvalue weighted by Gasteiger charge is -2.38. The number of carbonyl (C=O) groups excluding carboxylic acids is 1. The van der Waals surface area contributed by atoms with Crippen LogP contribution in [0.15, 0.2) is 53.4 Å². The van der Waals surface area contributed by atoms with Crippen molar-refractivity contribution in [1.82, 2.24) is 9.97 Å². The van der Waals surface area contributed by atoms with Gasteiger partial charge in [0, 0.05) is 37.4 Å². The van der Waals surface area contributed by atoms with Crippen molar-refractivity contribution in [1.29, 1.82) is 0 Å². The van der Waals surface area contributed by atoms with Crippen LogP contribution in [0, 0.1) is 5.92 Å². The quantitative estimate of drug-likeness (QED) is 0.539. The molecule has 3 aromatic rings. The maximum Gasteiger partial charge on any atom is 0.393 e. The first-order valence-electron chi connectivity index (χ1n) is 12.0. The van der Waals surface area contributed by atoms with Gasteiger partial charge in [0.15, 0.2) is 18.0 Å². The van der Waals surface area contributed by atoms with Crippen LogP contribution in [0.25, 0.3) is 11.3 Å². The van der Waals surface area contributed by atoms with Crippen LogP contribution in [0.1, 0.15) is 19.3 Å². The van der Waals surface area contributed by atoms with Crippen molar-refractivity contribution in [2.24, 2.45) is 5.92 Å².